The molecule has 0 aliphatic heterocycles. The molecule has 0 aromatic carbocycles. The van der Waals surface area contributed by atoms with Gasteiger partial charge in [-0.3, -0.25) is 0 Å². The zero-order chi connectivity index (χ0) is 4.12. The van der Waals surface area contributed by atoms with Gasteiger partial charge in [-0.1, -0.05) is 47.1 Å². The Kier molecular flexibility index (Phi) is 103. The summed E-state index contributed by atoms with van der Waals surface area (Å²) < 4.78 is 0. The highest BCUT2D eigenvalue weighted by Gasteiger charge is 1.42. The molecule has 0 unspecified atom stereocenters. The van der Waals surface area contributed by atoms with E-state index in [9.17, 15) is 0 Å². The molecule has 0 nitrogen and oxygen atoms in total. The third-order valence-electron chi connectivity index (χ3n) is 0.329. The second-order valence-electron chi connectivity index (χ2n) is 0.761. The first-order valence-corrected chi connectivity index (χ1v) is 1.65. The Hall–Kier alpha value is -0.520. The standard InChI is InChI=1S/C5H8.3CH4/c1-3-5-4-2;;;/h3-5H,1H2,2H3;3*1H4. The minimum atomic E-state index is 0. The van der Waals surface area contributed by atoms with Gasteiger partial charge >= 0.3 is 0 Å². The van der Waals surface area contributed by atoms with Gasteiger partial charge in [0.15, 0.2) is 0 Å². The zero-order valence-corrected chi connectivity index (χ0v) is 3.44. The lowest BCUT2D eigenvalue weighted by Crippen LogP contribution is -1.33. The Bertz CT molecular complexity index is 42.0. The van der Waals surface area contributed by atoms with Gasteiger partial charge < -0.3 is 0 Å². The fourth-order valence-electron chi connectivity index (χ4n) is 0.136. The highest BCUT2D eigenvalue weighted by molar-refractivity contribution is 4.94. The van der Waals surface area contributed by atoms with E-state index in [-0.39, 0.29) is 22.3 Å². The molecule has 52 valence electrons. The van der Waals surface area contributed by atoms with Crippen LogP contribution in [0.15, 0.2) is 24.8 Å². The van der Waals surface area contributed by atoms with E-state index in [1.807, 2.05) is 19.1 Å². The lowest BCUT2D eigenvalue weighted by atomic mass is 10.5. The van der Waals surface area contributed by atoms with Gasteiger partial charge in [0.2, 0.25) is 0 Å². The molecule has 0 rings (SSSR count). The van der Waals surface area contributed by atoms with E-state index in [0.717, 1.165) is 0 Å². The smallest absolute Gasteiger partial charge is 0.0467 e. The normalized spacial score (nSPS) is 5.62. The van der Waals surface area contributed by atoms with Gasteiger partial charge in [-0.15, -0.1) is 0 Å². The lowest BCUT2D eigenvalue weighted by Gasteiger charge is -1.56. The summed E-state index contributed by atoms with van der Waals surface area (Å²) in [5.74, 6) is 0. The Labute approximate surface area is 54.9 Å². The van der Waals surface area contributed by atoms with Crippen LogP contribution in [0.4, 0.5) is 0 Å². The molecule has 0 heteroatoms. The molecule has 0 saturated carbocycles. The first kappa shape index (κ1) is 25.9. The molecule has 0 spiro atoms. The molecule has 0 saturated heterocycles. The quantitative estimate of drug-likeness (QED) is 0.459. The molecule has 0 aromatic rings. The van der Waals surface area contributed by atoms with Crippen LogP contribution >= 0.6 is 0 Å². The predicted molar refractivity (Wildman–Crippen MR) is 45.2 cm³/mol. The van der Waals surface area contributed by atoms with Crippen molar-refractivity contribution in [3.63, 3.8) is 0 Å². The largest absolute Gasteiger partial charge is 0.0991 e. The van der Waals surface area contributed by atoms with Gasteiger partial charge in [0.25, 0.3) is 0 Å². The third-order valence-corrected chi connectivity index (χ3v) is 0.329. The Morgan fingerprint density at radius 2 is 1.50 bits per heavy atom. The maximum absolute atomic E-state index is 3.46. The molecule has 0 bridgehead atoms. The van der Waals surface area contributed by atoms with E-state index in [2.05, 4.69) is 6.58 Å². The average molecular weight is 116 g/mol. The average Bonchev–Trinajstić information content (AvgIpc) is 1.41. The van der Waals surface area contributed by atoms with Crippen molar-refractivity contribution in [3.05, 3.63) is 24.8 Å². The predicted octanol–water partition coefficient (Wildman–Crippen LogP) is 3.66. The van der Waals surface area contributed by atoms with Crippen molar-refractivity contribution in [1.82, 2.24) is 0 Å². The SMILES string of the molecule is C.C.C.C=CC=CC. The zero-order valence-electron chi connectivity index (χ0n) is 3.44. The number of rotatable bonds is 1. The molecule has 0 amide bonds. The van der Waals surface area contributed by atoms with Crippen LogP contribution in [0.3, 0.4) is 0 Å². The minimum absolute atomic E-state index is 0. The third kappa shape index (κ3) is 50.2. The van der Waals surface area contributed by atoms with Crippen molar-refractivity contribution in [2.75, 3.05) is 0 Å². The van der Waals surface area contributed by atoms with Crippen LogP contribution in [0.25, 0.3) is 0 Å². The maximum Gasteiger partial charge on any atom is -0.0467 e. The summed E-state index contributed by atoms with van der Waals surface area (Å²) in [4.78, 5) is 0. The maximum atomic E-state index is 3.46. The fourth-order valence-corrected chi connectivity index (χ4v) is 0.136. The molecule has 0 aromatic heterocycles. The highest BCUT2D eigenvalue weighted by Crippen LogP contribution is 1.64. The first-order chi connectivity index (χ1) is 2.41. The molecule has 0 fully saturated rings. The highest BCUT2D eigenvalue weighted by atomic mass is 13.5. The van der Waals surface area contributed by atoms with Crippen LogP contribution in [-0.4, -0.2) is 0 Å². The monoisotopic (exact) mass is 116 g/mol. The van der Waals surface area contributed by atoms with Crippen LogP contribution in [0.5, 0.6) is 0 Å². The number of allylic oxidation sites excluding steroid dienone is 3. The summed E-state index contributed by atoms with van der Waals surface area (Å²) in [6.07, 6.45) is 5.58. The van der Waals surface area contributed by atoms with Crippen molar-refractivity contribution in [3.8, 4) is 0 Å². The number of hydrogen-bond acceptors (Lipinski definition) is 0. The van der Waals surface area contributed by atoms with Crippen molar-refractivity contribution in [1.29, 1.82) is 0 Å². The van der Waals surface area contributed by atoms with Crippen LogP contribution in [0.1, 0.15) is 29.2 Å². The topological polar surface area (TPSA) is 0 Å². The van der Waals surface area contributed by atoms with Crippen LogP contribution < -0.4 is 0 Å². The first-order valence-electron chi connectivity index (χ1n) is 1.65. The Morgan fingerprint density at radius 3 is 1.50 bits per heavy atom. The summed E-state index contributed by atoms with van der Waals surface area (Å²) in [6, 6.07) is 0. The summed E-state index contributed by atoms with van der Waals surface area (Å²) in [5.41, 5.74) is 0. The van der Waals surface area contributed by atoms with E-state index in [0.29, 0.717) is 0 Å². The summed E-state index contributed by atoms with van der Waals surface area (Å²) >= 11 is 0. The summed E-state index contributed by atoms with van der Waals surface area (Å²) in [7, 11) is 0. The van der Waals surface area contributed by atoms with Gasteiger partial charge in [-0.25, -0.2) is 0 Å². The molecule has 0 radical (unpaired) electrons. The second-order valence-corrected chi connectivity index (χ2v) is 0.761. The van der Waals surface area contributed by atoms with Gasteiger partial charge in [-0.2, -0.15) is 0 Å². The molecular weight excluding hydrogens is 96.1 g/mol. The van der Waals surface area contributed by atoms with Crippen LogP contribution in [-0.2, 0) is 0 Å². The van der Waals surface area contributed by atoms with Crippen molar-refractivity contribution < 1.29 is 0 Å². The van der Waals surface area contributed by atoms with E-state index in [1.165, 1.54) is 0 Å². The molecule has 8 heavy (non-hydrogen) atoms. The van der Waals surface area contributed by atoms with E-state index < -0.39 is 0 Å². The van der Waals surface area contributed by atoms with Crippen LogP contribution in [0.2, 0.25) is 0 Å². The molecule has 0 aliphatic carbocycles. The van der Waals surface area contributed by atoms with Crippen molar-refractivity contribution >= 4 is 0 Å². The van der Waals surface area contributed by atoms with Crippen molar-refractivity contribution in [2.45, 2.75) is 29.2 Å². The number of hydrogen-bond donors (Lipinski definition) is 0. The molecule has 0 aliphatic rings. The Balaban J connectivity index is -0.0000000267. The van der Waals surface area contributed by atoms with Crippen molar-refractivity contribution in [2.24, 2.45) is 0 Å². The molecule has 0 atom stereocenters. The molecule has 0 heterocycles. The van der Waals surface area contributed by atoms with Crippen LogP contribution in [0, 0.1) is 0 Å². The van der Waals surface area contributed by atoms with E-state index in [1.54, 1.807) is 6.08 Å². The summed E-state index contributed by atoms with van der Waals surface area (Å²) in [5, 5.41) is 0. The van der Waals surface area contributed by atoms with Gasteiger partial charge in [0.05, 0.1) is 0 Å². The summed E-state index contributed by atoms with van der Waals surface area (Å²) in [6.45, 7) is 5.42. The minimum Gasteiger partial charge on any atom is -0.0991 e. The Morgan fingerprint density at radius 1 is 1.12 bits per heavy atom. The van der Waals surface area contributed by atoms with Gasteiger partial charge in [0.1, 0.15) is 0 Å². The molecule has 0 N–H and O–H groups in total. The van der Waals surface area contributed by atoms with Gasteiger partial charge in [-0.05, 0) is 6.92 Å². The lowest BCUT2D eigenvalue weighted by molar-refractivity contribution is 1.74. The van der Waals surface area contributed by atoms with E-state index >= 15 is 0 Å². The fraction of sp³-hybridized carbons (Fsp3) is 0.500. The molecular formula is C8H20. The van der Waals surface area contributed by atoms with Gasteiger partial charge in [0, 0.05) is 0 Å². The van der Waals surface area contributed by atoms with E-state index in [4.69, 9.17) is 0 Å². The second kappa shape index (κ2) is 31.6.